The summed E-state index contributed by atoms with van der Waals surface area (Å²) in [7, 11) is 1.98. The molecule has 4 aromatic rings. The predicted octanol–water partition coefficient (Wildman–Crippen LogP) is 4.45. The largest absolute Gasteiger partial charge is 0.337 e. The van der Waals surface area contributed by atoms with Gasteiger partial charge in [0.15, 0.2) is 5.84 Å². The molecule has 1 amide bonds. The summed E-state index contributed by atoms with van der Waals surface area (Å²) in [5.74, 6) is 0.184. The molecule has 3 aromatic carbocycles. The molecule has 0 aliphatic carbocycles. The fourth-order valence-corrected chi connectivity index (χ4v) is 7.16. The van der Waals surface area contributed by atoms with E-state index >= 15 is 0 Å². The first-order valence-corrected chi connectivity index (χ1v) is 14.5. The van der Waals surface area contributed by atoms with Crippen LogP contribution in [-0.2, 0) is 11.3 Å². The number of anilines is 2. The maximum Gasteiger partial charge on any atom is 0.283 e. The topological polar surface area (TPSA) is 69.9 Å². The highest BCUT2D eigenvalue weighted by Crippen LogP contribution is 2.45. The number of para-hydroxylation sites is 3. The number of thiazole rings is 1. The van der Waals surface area contributed by atoms with E-state index in [1.165, 1.54) is 16.3 Å². The van der Waals surface area contributed by atoms with Crippen LogP contribution < -0.4 is 30.1 Å². The Kier molecular flexibility index (Phi) is 6.85. The van der Waals surface area contributed by atoms with Crippen molar-refractivity contribution < 1.29 is 4.79 Å². The summed E-state index contributed by atoms with van der Waals surface area (Å²) in [5.41, 5.74) is 6.03. The van der Waals surface area contributed by atoms with Crippen molar-refractivity contribution in [2.45, 2.75) is 31.2 Å². The van der Waals surface area contributed by atoms with Gasteiger partial charge in [0.05, 0.1) is 17.1 Å². The molecule has 1 N–H and O–H groups in total. The summed E-state index contributed by atoms with van der Waals surface area (Å²) in [4.78, 5) is 36.0. The minimum Gasteiger partial charge on any atom is -0.337 e. The number of fused-ring (bicyclic) bond motifs is 1. The second-order valence-corrected chi connectivity index (χ2v) is 11.3. The number of amides is 1. The summed E-state index contributed by atoms with van der Waals surface area (Å²) < 4.78 is 3.01. The molecular weight excluding hydrogens is 526 g/mol. The molecule has 9 heteroatoms. The van der Waals surface area contributed by atoms with Gasteiger partial charge in [-0.3, -0.25) is 19.6 Å². The Bertz CT molecular complexity index is 1760. The van der Waals surface area contributed by atoms with Gasteiger partial charge in [-0.2, -0.15) is 0 Å². The lowest BCUT2D eigenvalue weighted by atomic mass is 10.2. The number of nitrogens with one attached hydrogen (secondary N) is 1. The molecule has 2 aliphatic rings. The van der Waals surface area contributed by atoms with E-state index in [4.69, 9.17) is 4.99 Å². The first-order valence-electron chi connectivity index (χ1n) is 12.9. The van der Waals surface area contributed by atoms with Crippen LogP contribution in [0.1, 0.15) is 19.8 Å². The molecule has 0 radical (unpaired) electrons. The van der Waals surface area contributed by atoms with Crippen molar-refractivity contribution in [2.24, 2.45) is 4.99 Å². The first kappa shape index (κ1) is 25.2. The number of amidine groups is 1. The van der Waals surface area contributed by atoms with Gasteiger partial charge >= 0.3 is 0 Å². The van der Waals surface area contributed by atoms with Crippen molar-refractivity contribution in [1.29, 1.82) is 0 Å². The van der Waals surface area contributed by atoms with Crippen LogP contribution in [0.15, 0.2) is 99.6 Å². The van der Waals surface area contributed by atoms with E-state index in [9.17, 15) is 9.59 Å². The highest BCUT2D eigenvalue weighted by Gasteiger charge is 2.36. The lowest BCUT2D eigenvalue weighted by Crippen LogP contribution is -2.36. The van der Waals surface area contributed by atoms with Crippen molar-refractivity contribution in [3.63, 3.8) is 0 Å². The van der Waals surface area contributed by atoms with E-state index in [-0.39, 0.29) is 11.5 Å². The lowest BCUT2D eigenvalue weighted by molar-refractivity contribution is -0.113. The normalized spacial score (nSPS) is 18.6. The minimum atomic E-state index is -0.241. The zero-order valence-electron chi connectivity index (χ0n) is 21.6. The minimum absolute atomic E-state index is 0.0804. The molecule has 196 valence electrons. The van der Waals surface area contributed by atoms with Crippen molar-refractivity contribution in [3.05, 3.63) is 104 Å². The Morgan fingerprint density at radius 2 is 1.59 bits per heavy atom. The molecule has 1 aromatic heterocycles. The molecule has 39 heavy (non-hydrogen) atoms. The number of aromatic nitrogens is 1. The second kappa shape index (κ2) is 10.6. The van der Waals surface area contributed by atoms with Gasteiger partial charge in [-0.05, 0) is 42.8 Å². The Balaban J connectivity index is 1.62. The number of hydrogen-bond acceptors (Lipinski definition) is 6. The van der Waals surface area contributed by atoms with Crippen LogP contribution in [0.4, 0.5) is 17.1 Å². The number of carbonyl (C=O) groups excluding carboxylic acids is 1. The maximum absolute atomic E-state index is 14.0. The number of carbonyl (C=O) groups is 1. The number of benzene rings is 3. The monoisotopic (exact) mass is 553 g/mol. The quantitative estimate of drug-likeness (QED) is 0.396. The zero-order valence-corrected chi connectivity index (χ0v) is 23.3. The molecule has 2 aliphatic heterocycles. The molecule has 1 saturated heterocycles. The van der Waals surface area contributed by atoms with Gasteiger partial charge in [0.25, 0.3) is 11.5 Å². The van der Waals surface area contributed by atoms with Crippen LogP contribution in [0.5, 0.6) is 0 Å². The summed E-state index contributed by atoms with van der Waals surface area (Å²) in [6.45, 7) is 2.62. The van der Waals surface area contributed by atoms with Gasteiger partial charge in [-0.1, -0.05) is 73.6 Å². The van der Waals surface area contributed by atoms with E-state index < -0.39 is 0 Å². The highest BCUT2D eigenvalue weighted by molar-refractivity contribution is 8.08. The molecule has 6 rings (SSSR count). The summed E-state index contributed by atoms with van der Waals surface area (Å²) in [5, 5.41) is 2.38. The molecule has 7 nitrogen and oxygen atoms in total. The Labute approximate surface area is 234 Å². The number of nitrogens with zero attached hydrogens (tertiary/aromatic N) is 4. The van der Waals surface area contributed by atoms with Gasteiger partial charge < -0.3 is 4.90 Å². The zero-order chi connectivity index (χ0) is 26.9. The summed E-state index contributed by atoms with van der Waals surface area (Å²) >= 11 is 2.96. The fourth-order valence-electron chi connectivity index (χ4n) is 4.64. The van der Waals surface area contributed by atoms with E-state index in [1.54, 1.807) is 16.3 Å². The van der Waals surface area contributed by atoms with Crippen molar-refractivity contribution in [3.8, 4) is 0 Å². The van der Waals surface area contributed by atoms with E-state index in [0.29, 0.717) is 32.8 Å². The van der Waals surface area contributed by atoms with Gasteiger partial charge in [-0.25, -0.2) is 10.0 Å². The average molecular weight is 554 g/mol. The standard InChI is InChI=1S/C30H27N5O2S2/c1-3-4-19-34-28(37)25(30-33(2)22-17-11-12-18-23(22)38-30)39-29(34)24-26(31-20-13-7-5-8-14-20)32-35(27(24)36)21-15-9-6-10-16-21/h5-18H,3-4,19H2,1-2H3,(H,31,32)/b29-24+,30-25-. The van der Waals surface area contributed by atoms with Gasteiger partial charge in [0.2, 0.25) is 0 Å². The molecule has 0 spiro atoms. The summed E-state index contributed by atoms with van der Waals surface area (Å²) in [6.07, 6.45) is 1.75. The third-order valence-corrected chi connectivity index (χ3v) is 9.20. The van der Waals surface area contributed by atoms with E-state index in [0.717, 1.165) is 34.1 Å². The van der Waals surface area contributed by atoms with Crippen LogP contribution in [0.25, 0.3) is 10.6 Å². The van der Waals surface area contributed by atoms with Crippen molar-refractivity contribution >= 4 is 62.5 Å². The predicted molar refractivity (Wildman–Crippen MR) is 161 cm³/mol. The number of hydrogen-bond donors (Lipinski definition) is 1. The number of aliphatic imine (C=N–C) groups is 1. The van der Waals surface area contributed by atoms with Crippen molar-refractivity contribution in [1.82, 2.24) is 9.99 Å². The Hall–Kier alpha value is -4.08. The Morgan fingerprint density at radius 1 is 0.897 bits per heavy atom. The second-order valence-electron chi connectivity index (χ2n) is 9.24. The van der Waals surface area contributed by atoms with Gasteiger partial charge in [-0.15, -0.1) is 11.3 Å². The third kappa shape index (κ3) is 4.57. The number of rotatable bonds is 5. The number of unbranched alkanes of at least 4 members (excludes halogenated alkanes) is 1. The third-order valence-electron chi connectivity index (χ3n) is 6.65. The fraction of sp³-hybridized carbons (Fsp3) is 0.167. The summed E-state index contributed by atoms with van der Waals surface area (Å²) in [6, 6.07) is 27.1. The van der Waals surface area contributed by atoms with E-state index in [1.807, 2.05) is 79.8 Å². The number of hydrazine groups is 1. The van der Waals surface area contributed by atoms with Crippen LogP contribution in [0.3, 0.4) is 0 Å². The van der Waals surface area contributed by atoms with Crippen molar-refractivity contribution in [2.75, 3.05) is 17.0 Å². The molecule has 0 unspecified atom stereocenters. The molecular formula is C30H27N5O2S2. The molecule has 0 saturated carbocycles. The van der Waals surface area contributed by atoms with Crippen LogP contribution in [0.2, 0.25) is 0 Å². The Morgan fingerprint density at radius 3 is 2.31 bits per heavy atom. The van der Waals surface area contributed by atoms with Gasteiger partial charge in [0, 0.05) is 18.5 Å². The average Bonchev–Trinajstić information content (AvgIpc) is 3.58. The molecule has 0 bridgehead atoms. The lowest BCUT2D eigenvalue weighted by Gasteiger charge is -2.14. The highest BCUT2D eigenvalue weighted by atomic mass is 32.2. The van der Waals surface area contributed by atoms with E-state index in [2.05, 4.69) is 29.4 Å². The van der Waals surface area contributed by atoms with Crippen LogP contribution in [-0.4, -0.2) is 23.4 Å². The SMILES string of the molecule is CCCCn1c(=O)/c(=C2/Sc3ccccc3N2C)s/c1=C1/C(=O)N(c2ccccc2)NC1=Nc1ccccc1. The smallest absolute Gasteiger partial charge is 0.283 e. The molecule has 1 fully saturated rings. The number of thioether (sulfide) groups is 1. The molecule has 3 heterocycles. The van der Waals surface area contributed by atoms with Crippen LogP contribution in [0, 0.1) is 0 Å². The first-order chi connectivity index (χ1) is 19.1. The van der Waals surface area contributed by atoms with Gasteiger partial charge in [0.1, 0.15) is 19.8 Å². The molecule has 0 atom stereocenters. The maximum atomic E-state index is 14.0. The van der Waals surface area contributed by atoms with Crippen LogP contribution >= 0.6 is 23.1 Å².